The fraction of sp³-hybridized carbons (Fsp3) is 0.190. The van der Waals surface area contributed by atoms with Crippen molar-refractivity contribution in [3.05, 3.63) is 59.2 Å². The van der Waals surface area contributed by atoms with Crippen molar-refractivity contribution in [1.29, 1.82) is 5.26 Å². The highest BCUT2D eigenvalue weighted by molar-refractivity contribution is 6.02. The van der Waals surface area contributed by atoms with Gasteiger partial charge in [-0.2, -0.15) is 5.26 Å². The first-order chi connectivity index (χ1) is 13.5. The van der Waals surface area contributed by atoms with Crippen molar-refractivity contribution in [1.82, 2.24) is 0 Å². The van der Waals surface area contributed by atoms with Crippen molar-refractivity contribution in [2.24, 2.45) is 0 Å². The van der Waals surface area contributed by atoms with E-state index in [0.29, 0.717) is 28.4 Å². The third kappa shape index (κ3) is 5.11. The van der Waals surface area contributed by atoms with Crippen LogP contribution in [0, 0.1) is 11.3 Å². The van der Waals surface area contributed by atoms with E-state index in [-0.39, 0.29) is 5.57 Å². The molecule has 2 rings (SSSR count). The van der Waals surface area contributed by atoms with Crippen molar-refractivity contribution >= 4 is 17.8 Å². The summed E-state index contributed by atoms with van der Waals surface area (Å²) in [7, 11) is 4.48. The first kappa shape index (κ1) is 20.5. The smallest absolute Gasteiger partial charge is 0.349 e. The van der Waals surface area contributed by atoms with Gasteiger partial charge in [-0.05, 0) is 42.0 Å². The number of hydrogen-bond acceptors (Lipinski definition) is 7. The second kappa shape index (κ2) is 9.78. The molecule has 0 radical (unpaired) electrons. The van der Waals surface area contributed by atoms with Crippen LogP contribution in [0.15, 0.2) is 48.0 Å². The lowest BCUT2D eigenvalue weighted by Crippen LogP contribution is -2.15. The van der Waals surface area contributed by atoms with Crippen LogP contribution in [0.5, 0.6) is 17.2 Å². The van der Waals surface area contributed by atoms with Crippen LogP contribution in [-0.2, 0) is 9.53 Å². The van der Waals surface area contributed by atoms with E-state index in [1.54, 1.807) is 43.5 Å². The summed E-state index contributed by atoms with van der Waals surface area (Å²) < 4.78 is 20.3. The monoisotopic (exact) mass is 381 g/mol. The molecule has 0 saturated carbocycles. The number of carbonyl (C=O) groups is 2. The second-order valence-corrected chi connectivity index (χ2v) is 5.51. The molecule has 0 aromatic heterocycles. The number of nitrogens with zero attached hydrogens (tertiary/aromatic N) is 1. The molecule has 0 spiro atoms. The summed E-state index contributed by atoms with van der Waals surface area (Å²) in [5.74, 6) is 0.198. The lowest BCUT2D eigenvalue weighted by Gasteiger charge is -2.09. The van der Waals surface area contributed by atoms with Gasteiger partial charge in [-0.1, -0.05) is 12.1 Å². The average Bonchev–Trinajstić information content (AvgIpc) is 2.75. The Kier molecular flexibility index (Phi) is 7.17. The molecule has 144 valence electrons. The number of ether oxygens (including phenoxy) is 4. The van der Waals surface area contributed by atoms with Gasteiger partial charge in [0.1, 0.15) is 17.4 Å². The normalized spacial score (nSPS) is 10.6. The van der Waals surface area contributed by atoms with Crippen LogP contribution in [0.1, 0.15) is 15.9 Å². The van der Waals surface area contributed by atoms with Crippen molar-refractivity contribution in [3.63, 3.8) is 0 Å². The van der Waals surface area contributed by atoms with Crippen LogP contribution in [0.25, 0.3) is 6.08 Å². The maximum Gasteiger partial charge on any atom is 0.349 e. The Labute approximate surface area is 162 Å². The number of methoxy groups -OCH3 is 3. The van der Waals surface area contributed by atoms with Gasteiger partial charge in [-0.3, -0.25) is 4.79 Å². The zero-order chi connectivity index (χ0) is 20.5. The van der Waals surface area contributed by atoms with E-state index >= 15 is 0 Å². The Morgan fingerprint density at radius 1 is 0.964 bits per heavy atom. The van der Waals surface area contributed by atoms with Gasteiger partial charge in [0.25, 0.3) is 0 Å². The summed E-state index contributed by atoms with van der Waals surface area (Å²) in [5, 5.41) is 9.21. The van der Waals surface area contributed by atoms with E-state index in [9.17, 15) is 14.9 Å². The summed E-state index contributed by atoms with van der Waals surface area (Å²) in [4.78, 5) is 24.4. The molecule has 0 aliphatic rings. The number of esters is 1. The van der Waals surface area contributed by atoms with Gasteiger partial charge in [0, 0.05) is 5.56 Å². The molecule has 0 bridgehead atoms. The largest absolute Gasteiger partial charge is 0.497 e. The minimum Gasteiger partial charge on any atom is -0.497 e. The predicted molar refractivity (Wildman–Crippen MR) is 101 cm³/mol. The lowest BCUT2D eigenvalue weighted by atomic mass is 10.1. The van der Waals surface area contributed by atoms with Crippen molar-refractivity contribution in [3.8, 4) is 23.3 Å². The first-order valence-corrected chi connectivity index (χ1v) is 8.20. The highest BCUT2D eigenvalue weighted by atomic mass is 16.5. The van der Waals surface area contributed by atoms with Gasteiger partial charge < -0.3 is 18.9 Å². The van der Waals surface area contributed by atoms with Gasteiger partial charge in [0.2, 0.25) is 0 Å². The molecule has 0 aliphatic heterocycles. The Balaban J connectivity index is 2.05. The Morgan fingerprint density at radius 3 is 2.21 bits per heavy atom. The number of rotatable bonds is 8. The van der Waals surface area contributed by atoms with E-state index < -0.39 is 18.4 Å². The van der Waals surface area contributed by atoms with Gasteiger partial charge >= 0.3 is 5.97 Å². The molecule has 0 aliphatic carbocycles. The number of ketones is 1. The van der Waals surface area contributed by atoms with Crippen molar-refractivity contribution in [2.75, 3.05) is 27.9 Å². The summed E-state index contributed by atoms with van der Waals surface area (Å²) in [6.45, 7) is -0.504. The molecule has 2 aromatic rings. The van der Waals surface area contributed by atoms with Crippen molar-refractivity contribution < 1.29 is 28.5 Å². The average molecular weight is 381 g/mol. The SMILES string of the molecule is COc1ccc(/C=C(\C#N)C(=O)OCC(=O)c2ccc(OC)c(OC)c2)cc1. The third-order valence-corrected chi connectivity index (χ3v) is 3.81. The van der Waals surface area contributed by atoms with E-state index in [1.807, 2.05) is 0 Å². The predicted octanol–water partition coefficient (Wildman–Crippen LogP) is 3.05. The Bertz CT molecular complexity index is 925. The molecule has 7 nitrogen and oxygen atoms in total. The fourth-order valence-electron chi connectivity index (χ4n) is 2.31. The zero-order valence-corrected chi connectivity index (χ0v) is 15.7. The summed E-state index contributed by atoms with van der Waals surface area (Å²) >= 11 is 0. The Morgan fingerprint density at radius 2 is 1.64 bits per heavy atom. The molecule has 0 N–H and O–H groups in total. The number of Topliss-reactive ketones (excluding diaryl/α,β-unsaturated/α-hetero) is 1. The maximum absolute atomic E-state index is 12.3. The Hall–Kier alpha value is -3.79. The van der Waals surface area contributed by atoms with Crippen LogP contribution >= 0.6 is 0 Å². The first-order valence-electron chi connectivity index (χ1n) is 8.20. The molecule has 0 atom stereocenters. The van der Waals surface area contributed by atoms with E-state index in [0.717, 1.165) is 0 Å². The van der Waals surface area contributed by atoms with Crippen LogP contribution in [0.2, 0.25) is 0 Å². The molecule has 0 heterocycles. The van der Waals surface area contributed by atoms with Gasteiger partial charge in [-0.25, -0.2) is 4.79 Å². The zero-order valence-electron chi connectivity index (χ0n) is 15.7. The highest BCUT2D eigenvalue weighted by Crippen LogP contribution is 2.27. The standard InChI is InChI=1S/C21H19NO6/c1-25-17-7-4-14(5-8-17)10-16(12-22)21(24)28-13-18(23)15-6-9-19(26-2)20(11-15)27-3/h4-11H,13H2,1-3H3/b16-10+. The number of nitriles is 1. The van der Waals surface area contributed by atoms with E-state index in [2.05, 4.69) is 0 Å². The summed E-state index contributed by atoms with van der Waals surface area (Å²) in [5.41, 5.74) is 0.703. The summed E-state index contributed by atoms with van der Waals surface area (Å²) in [6.07, 6.45) is 1.38. The van der Waals surface area contributed by atoms with Crippen LogP contribution in [-0.4, -0.2) is 39.7 Å². The molecule has 0 fully saturated rings. The number of benzene rings is 2. The molecular formula is C21H19NO6. The molecule has 7 heteroatoms. The number of carbonyl (C=O) groups excluding carboxylic acids is 2. The van der Waals surface area contributed by atoms with Crippen LogP contribution < -0.4 is 14.2 Å². The van der Waals surface area contributed by atoms with Gasteiger partial charge in [0.15, 0.2) is 23.9 Å². The molecule has 0 amide bonds. The molecule has 0 saturated heterocycles. The van der Waals surface area contributed by atoms with Crippen LogP contribution in [0.3, 0.4) is 0 Å². The molecular weight excluding hydrogens is 362 g/mol. The van der Waals surface area contributed by atoms with Crippen LogP contribution in [0.4, 0.5) is 0 Å². The highest BCUT2D eigenvalue weighted by Gasteiger charge is 2.16. The molecule has 28 heavy (non-hydrogen) atoms. The maximum atomic E-state index is 12.3. The van der Waals surface area contributed by atoms with Gasteiger partial charge in [0.05, 0.1) is 21.3 Å². The molecule has 0 unspecified atom stereocenters. The molecule has 2 aromatic carbocycles. The third-order valence-electron chi connectivity index (χ3n) is 3.81. The van der Waals surface area contributed by atoms with Crippen molar-refractivity contribution in [2.45, 2.75) is 0 Å². The fourth-order valence-corrected chi connectivity index (χ4v) is 2.31. The van der Waals surface area contributed by atoms with E-state index in [1.165, 1.54) is 32.4 Å². The topological polar surface area (TPSA) is 94.8 Å². The summed E-state index contributed by atoms with van der Waals surface area (Å²) in [6, 6.07) is 13.2. The minimum absolute atomic E-state index is 0.217. The minimum atomic E-state index is -0.882. The van der Waals surface area contributed by atoms with E-state index in [4.69, 9.17) is 18.9 Å². The second-order valence-electron chi connectivity index (χ2n) is 5.51. The van der Waals surface area contributed by atoms with Gasteiger partial charge in [-0.15, -0.1) is 0 Å². The lowest BCUT2D eigenvalue weighted by molar-refractivity contribution is -0.137. The number of hydrogen-bond donors (Lipinski definition) is 0. The quantitative estimate of drug-likeness (QED) is 0.300.